The lowest BCUT2D eigenvalue weighted by atomic mass is 9.79. The van der Waals surface area contributed by atoms with Crippen LogP contribution in [0.2, 0.25) is 0 Å². The topological polar surface area (TPSA) is 535 Å². The van der Waals surface area contributed by atoms with Crippen LogP contribution < -0.4 is 42.5 Å². The maximum absolute atomic E-state index is 14.3. The first kappa shape index (κ1) is 99.4. The normalized spacial score (nSPS) is 28.0. The van der Waals surface area contributed by atoms with Gasteiger partial charge in [-0.25, -0.2) is 0 Å². The molecule has 3 saturated heterocycles. The van der Waals surface area contributed by atoms with Crippen molar-refractivity contribution < 1.29 is 146 Å². The predicted molar refractivity (Wildman–Crippen MR) is 404 cm³/mol. The molecule has 16 unspecified atom stereocenters. The van der Waals surface area contributed by atoms with E-state index in [1.165, 1.54) is 72.1 Å². The number of nitrogens with one attached hydrogen (secondary N) is 8. The van der Waals surface area contributed by atoms with E-state index in [1.54, 1.807) is 0 Å². The number of aliphatic hydroxyl groups is 9. The van der Waals surface area contributed by atoms with E-state index >= 15 is 0 Å². The van der Waals surface area contributed by atoms with E-state index in [-0.39, 0.29) is 189 Å². The van der Waals surface area contributed by atoms with Gasteiger partial charge in [0, 0.05) is 78.0 Å². The molecule has 16 atom stereocenters. The highest BCUT2D eigenvalue weighted by Crippen LogP contribution is 2.37. The van der Waals surface area contributed by atoms with Crippen molar-refractivity contribution in [3.05, 3.63) is 0 Å². The van der Waals surface area contributed by atoms with Crippen LogP contribution in [0.4, 0.5) is 0 Å². The van der Waals surface area contributed by atoms with Gasteiger partial charge in [-0.15, -0.1) is 0 Å². The van der Waals surface area contributed by atoms with Crippen molar-refractivity contribution in [1.29, 1.82) is 0 Å². The van der Waals surface area contributed by atoms with Gasteiger partial charge in [-0.2, -0.15) is 0 Å². The minimum Gasteiger partial charge on any atom is -0.394 e. The molecule has 0 bridgehead atoms. The van der Waals surface area contributed by atoms with Gasteiger partial charge in [-0.05, 0) is 57.3 Å². The predicted octanol–water partition coefficient (Wildman–Crippen LogP) is -2.75. The SMILES string of the molecule is CC(=O)NC1C(OCCOCCOCCNC(=O)CCC(CCC(=O)NCCOCCOCCOC2OC(CO)C(O)C(O)C2NC(C)=O)(CCC(=O)NCCOCCOCCOC2OC(CO)C(O)C(O)C2NC(C)=O)NC(=O)CCCC(=O)NC(C)OC2CCCCC(C3CCCCCC3)CCCC2)OC(CO)C(O)C1O. The molecule has 0 aromatic carbocycles. The third-order valence-corrected chi connectivity index (χ3v) is 20.8. The molecule has 0 radical (unpaired) electrons. The molecular weight excluding hydrogens is 1500 g/mol. The van der Waals surface area contributed by atoms with E-state index < -0.39 is 165 Å². The number of aliphatic hydroxyl groups excluding tert-OH is 9. The lowest BCUT2D eigenvalue weighted by molar-refractivity contribution is -0.272. The zero-order valence-electron chi connectivity index (χ0n) is 67.2. The molecule has 8 amide bonds. The van der Waals surface area contributed by atoms with Crippen LogP contribution in [-0.2, 0) is 99.9 Å². The van der Waals surface area contributed by atoms with Crippen molar-refractivity contribution in [3.63, 3.8) is 0 Å². The van der Waals surface area contributed by atoms with Crippen LogP contribution in [0.15, 0.2) is 0 Å². The molecule has 3 heterocycles. The van der Waals surface area contributed by atoms with Crippen molar-refractivity contribution in [2.45, 2.75) is 285 Å². The fourth-order valence-corrected chi connectivity index (χ4v) is 14.8. The fourth-order valence-electron chi connectivity index (χ4n) is 14.8. The lowest BCUT2D eigenvalue weighted by Crippen LogP contribution is -2.64. The van der Waals surface area contributed by atoms with Crippen molar-refractivity contribution in [2.75, 3.05) is 139 Å². The minimum absolute atomic E-state index is 0.00551. The molecule has 114 heavy (non-hydrogen) atoms. The van der Waals surface area contributed by atoms with Crippen molar-refractivity contribution in [1.82, 2.24) is 42.5 Å². The van der Waals surface area contributed by atoms with Crippen LogP contribution in [0.25, 0.3) is 0 Å². The second kappa shape index (κ2) is 57.1. The smallest absolute Gasteiger partial charge is 0.221 e. The van der Waals surface area contributed by atoms with E-state index in [1.807, 2.05) is 6.92 Å². The van der Waals surface area contributed by atoms with Crippen LogP contribution in [0.5, 0.6) is 0 Å². The summed E-state index contributed by atoms with van der Waals surface area (Å²) in [6.07, 6.45) is -0.164. The number of amides is 8. The summed E-state index contributed by atoms with van der Waals surface area (Å²) in [6.45, 7) is 4.66. The van der Waals surface area contributed by atoms with Gasteiger partial charge in [0.1, 0.15) is 79.3 Å². The summed E-state index contributed by atoms with van der Waals surface area (Å²) in [5, 5.41) is 113. The second-order valence-electron chi connectivity index (χ2n) is 29.9. The Labute approximate surface area is 668 Å². The van der Waals surface area contributed by atoms with Gasteiger partial charge in [0.15, 0.2) is 18.9 Å². The van der Waals surface area contributed by atoms with Crippen LogP contribution in [-0.4, -0.2) is 342 Å². The van der Waals surface area contributed by atoms with Gasteiger partial charge in [-0.1, -0.05) is 77.0 Å². The van der Waals surface area contributed by atoms with Crippen molar-refractivity contribution >= 4 is 47.3 Å². The lowest BCUT2D eigenvalue weighted by Gasteiger charge is -2.42. The van der Waals surface area contributed by atoms with Crippen molar-refractivity contribution in [2.24, 2.45) is 11.8 Å². The van der Waals surface area contributed by atoms with Crippen LogP contribution >= 0.6 is 0 Å². The molecule has 0 aromatic rings. The number of hydrogen-bond acceptors (Lipinski definition) is 30. The van der Waals surface area contributed by atoms with E-state index in [2.05, 4.69) is 42.5 Å². The molecule has 38 nitrogen and oxygen atoms in total. The summed E-state index contributed by atoms with van der Waals surface area (Å²) in [6, 6.07) is -3.36. The van der Waals surface area contributed by atoms with Gasteiger partial charge < -0.3 is 150 Å². The number of carbonyl (C=O) groups excluding carboxylic acids is 8. The van der Waals surface area contributed by atoms with Crippen LogP contribution in [0.3, 0.4) is 0 Å². The highest BCUT2D eigenvalue weighted by atomic mass is 16.7. The summed E-state index contributed by atoms with van der Waals surface area (Å²) >= 11 is 0. The molecule has 17 N–H and O–H groups in total. The van der Waals surface area contributed by atoms with E-state index in [4.69, 9.17) is 61.6 Å². The zero-order chi connectivity index (χ0) is 83.1. The number of rotatable bonds is 54. The molecule has 5 fully saturated rings. The molecule has 3 aliphatic heterocycles. The Balaban J connectivity index is 1.16. The van der Waals surface area contributed by atoms with Gasteiger partial charge in [0.05, 0.1) is 125 Å². The number of hydrogen-bond donors (Lipinski definition) is 17. The fraction of sp³-hybridized carbons (Fsp3) is 0.895. The van der Waals surface area contributed by atoms with E-state index in [0.29, 0.717) is 0 Å². The zero-order valence-corrected chi connectivity index (χ0v) is 67.2. The molecule has 5 rings (SSSR count). The Hall–Kier alpha value is -5.12. The van der Waals surface area contributed by atoms with Gasteiger partial charge in [0.25, 0.3) is 0 Å². The Morgan fingerprint density at radius 2 is 0.675 bits per heavy atom. The van der Waals surface area contributed by atoms with Gasteiger partial charge in [-0.3, -0.25) is 38.4 Å². The molecule has 0 spiro atoms. The molecule has 660 valence electrons. The first-order valence-corrected chi connectivity index (χ1v) is 40.9. The Bertz CT molecular complexity index is 2500. The minimum atomic E-state index is -1.48. The largest absolute Gasteiger partial charge is 0.394 e. The van der Waals surface area contributed by atoms with Crippen LogP contribution in [0.1, 0.15) is 175 Å². The number of ether oxygens (including phenoxy) is 13. The summed E-state index contributed by atoms with van der Waals surface area (Å²) in [5.74, 6) is -1.94. The third-order valence-electron chi connectivity index (χ3n) is 20.8. The average Bonchev–Trinajstić information content (AvgIpc) is 0.840. The molecule has 38 heteroatoms. The summed E-state index contributed by atoms with van der Waals surface area (Å²) in [5.41, 5.74) is -1.34. The van der Waals surface area contributed by atoms with E-state index in [0.717, 1.165) is 50.4 Å². The first-order valence-electron chi connectivity index (χ1n) is 40.9. The first-order chi connectivity index (χ1) is 54.9. The summed E-state index contributed by atoms with van der Waals surface area (Å²) in [7, 11) is 0. The molecule has 5 aliphatic rings. The molecule has 2 saturated carbocycles. The summed E-state index contributed by atoms with van der Waals surface area (Å²) in [4.78, 5) is 104. The van der Waals surface area contributed by atoms with Crippen molar-refractivity contribution in [3.8, 4) is 0 Å². The molecule has 0 aromatic heterocycles. The highest BCUT2D eigenvalue weighted by Gasteiger charge is 2.48. The maximum atomic E-state index is 14.3. The maximum Gasteiger partial charge on any atom is 0.221 e. The van der Waals surface area contributed by atoms with Gasteiger partial charge in [0.2, 0.25) is 47.3 Å². The highest BCUT2D eigenvalue weighted by molar-refractivity contribution is 5.81. The monoisotopic (exact) mass is 1640 g/mol. The Morgan fingerprint density at radius 1 is 0.377 bits per heavy atom. The third kappa shape index (κ3) is 38.7. The standard InChI is InChI=1S/C76H136N8O30/c1-49(88)80-64-70(99)67(96)56(46-85)112-73(64)108-43-40-105-37-34-102-31-28-77-59(91)22-25-76(26-23-60(92)78-29-32-103-35-38-106-41-44-109-74-65(81-50(2)89)71(100)68(97)57(47-86)113-74,27-24-61(93)79-30-33-104-36-39-107-42-45-110-75-66(82-51(3)90)72(101)69(98)58(48-87)114-75)84-63(95)21-13-20-62(94)83-52(4)111-55-18-11-9-16-54(17-10-12-19-55)53-14-7-5-6-8-15-53/h52-58,64-75,85-87,96-101H,5-48H2,1-4H3,(H,77,91)(H,78,92)(H,79,93)(H,80,88)(H,81,89)(H,82,90)(H,83,94)(H,84,95). The molecular formula is C76H136N8O30. The van der Waals surface area contributed by atoms with E-state index in [9.17, 15) is 84.3 Å². The van der Waals surface area contributed by atoms with Gasteiger partial charge >= 0.3 is 0 Å². The average molecular weight is 1640 g/mol. The Kier molecular flexibility index (Phi) is 49.8. The van der Waals surface area contributed by atoms with Crippen LogP contribution in [0, 0.1) is 11.8 Å². The second-order valence-corrected chi connectivity index (χ2v) is 29.9. The number of carbonyl (C=O) groups is 8. The quantitative estimate of drug-likeness (QED) is 0.0167. The molecule has 2 aliphatic carbocycles. The Morgan fingerprint density at radius 3 is 1.00 bits per heavy atom. The summed E-state index contributed by atoms with van der Waals surface area (Å²) < 4.78 is 74.0.